The van der Waals surface area contributed by atoms with Crippen LogP contribution in [0.1, 0.15) is 51.4 Å². The van der Waals surface area contributed by atoms with E-state index in [0.29, 0.717) is 12.3 Å². The summed E-state index contributed by atoms with van der Waals surface area (Å²) in [5.74, 6) is 0.905. The molecule has 4 heteroatoms. The molecule has 0 amide bonds. The topological polar surface area (TPSA) is 72.3 Å². The van der Waals surface area contributed by atoms with E-state index in [1.807, 2.05) is 0 Å². The van der Waals surface area contributed by atoms with Crippen LogP contribution >= 0.6 is 0 Å². The molecule has 2 aliphatic rings. The zero-order valence-electron chi connectivity index (χ0n) is 12.2. The van der Waals surface area contributed by atoms with Gasteiger partial charge in [0.25, 0.3) is 0 Å². The van der Waals surface area contributed by atoms with Crippen LogP contribution in [0.15, 0.2) is 0 Å². The molecule has 0 aromatic rings. The number of nitrogens with zero attached hydrogens (tertiary/aromatic N) is 1. The van der Waals surface area contributed by atoms with Crippen molar-refractivity contribution in [2.45, 2.75) is 62.9 Å². The Morgan fingerprint density at radius 1 is 1.26 bits per heavy atom. The Balaban J connectivity index is 1.80. The number of nitrogens with two attached hydrogens (primary N) is 2. The first-order valence-corrected chi connectivity index (χ1v) is 7.78. The molecule has 110 valence electrons. The Kier molecular flexibility index (Phi) is 4.98. The molecule has 0 bridgehead atoms. The van der Waals surface area contributed by atoms with Gasteiger partial charge >= 0.3 is 0 Å². The third kappa shape index (κ3) is 3.56. The molecule has 1 aliphatic heterocycles. The van der Waals surface area contributed by atoms with E-state index in [9.17, 15) is 4.79 Å². The van der Waals surface area contributed by atoms with Crippen LogP contribution in [0.3, 0.4) is 0 Å². The van der Waals surface area contributed by atoms with Gasteiger partial charge in [0.2, 0.25) is 0 Å². The first kappa shape index (κ1) is 14.9. The fourth-order valence-electron chi connectivity index (χ4n) is 3.49. The highest BCUT2D eigenvalue weighted by Crippen LogP contribution is 2.29. The number of piperidine rings is 1. The molecular weight excluding hydrogens is 238 g/mol. The molecule has 0 radical (unpaired) electrons. The summed E-state index contributed by atoms with van der Waals surface area (Å²) in [7, 11) is 2.16. The van der Waals surface area contributed by atoms with Gasteiger partial charge in [0, 0.05) is 12.5 Å². The van der Waals surface area contributed by atoms with Crippen molar-refractivity contribution in [2.24, 2.45) is 17.4 Å². The van der Waals surface area contributed by atoms with E-state index in [1.165, 1.54) is 12.8 Å². The zero-order valence-corrected chi connectivity index (χ0v) is 12.2. The van der Waals surface area contributed by atoms with Gasteiger partial charge in [0.05, 0.1) is 5.54 Å². The molecule has 4 nitrogen and oxygen atoms in total. The van der Waals surface area contributed by atoms with Crippen molar-refractivity contribution in [1.82, 2.24) is 4.90 Å². The highest BCUT2D eigenvalue weighted by Gasteiger charge is 2.41. The minimum absolute atomic E-state index is 0.133. The van der Waals surface area contributed by atoms with Crippen LogP contribution in [0.2, 0.25) is 0 Å². The minimum Gasteiger partial charge on any atom is -0.326 e. The summed E-state index contributed by atoms with van der Waals surface area (Å²) >= 11 is 0. The molecule has 2 unspecified atom stereocenters. The number of ketones is 1. The van der Waals surface area contributed by atoms with Crippen molar-refractivity contribution < 1.29 is 4.79 Å². The van der Waals surface area contributed by atoms with Crippen molar-refractivity contribution in [3.05, 3.63) is 0 Å². The molecular formula is C15H29N3O. The average molecular weight is 267 g/mol. The minimum atomic E-state index is -0.732. The van der Waals surface area contributed by atoms with E-state index in [4.69, 9.17) is 11.5 Å². The first-order valence-electron chi connectivity index (χ1n) is 7.78. The summed E-state index contributed by atoms with van der Waals surface area (Å²) < 4.78 is 0. The van der Waals surface area contributed by atoms with Crippen LogP contribution < -0.4 is 11.5 Å². The number of carbonyl (C=O) groups is 1. The molecule has 4 N–H and O–H groups in total. The molecule has 1 aliphatic carbocycles. The van der Waals surface area contributed by atoms with Gasteiger partial charge < -0.3 is 16.4 Å². The van der Waals surface area contributed by atoms with Crippen molar-refractivity contribution in [3.8, 4) is 0 Å². The summed E-state index contributed by atoms with van der Waals surface area (Å²) in [6, 6.07) is -0.133. The van der Waals surface area contributed by atoms with Crippen LogP contribution in [-0.4, -0.2) is 42.4 Å². The Morgan fingerprint density at radius 3 is 2.58 bits per heavy atom. The van der Waals surface area contributed by atoms with E-state index in [0.717, 1.165) is 45.2 Å². The second kappa shape index (κ2) is 6.33. The van der Waals surface area contributed by atoms with Gasteiger partial charge in [0.1, 0.15) is 0 Å². The van der Waals surface area contributed by atoms with Crippen LogP contribution in [0, 0.1) is 5.92 Å². The Bertz CT molecular complexity index is 313. The van der Waals surface area contributed by atoms with E-state index in [-0.39, 0.29) is 11.8 Å². The maximum atomic E-state index is 12.4. The fourth-order valence-corrected chi connectivity index (χ4v) is 3.49. The van der Waals surface area contributed by atoms with E-state index >= 15 is 0 Å². The molecule has 1 saturated carbocycles. The van der Waals surface area contributed by atoms with Gasteiger partial charge in [-0.3, -0.25) is 4.79 Å². The third-order valence-corrected chi connectivity index (χ3v) is 5.15. The molecule has 2 atom stereocenters. The van der Waals surface area contributed by atoms with Crippen molar-refractivity contribution in [1.29, 1.82) is 0 Å². The highest BCUT2D eigenvalue weighted by molar-refractivity contribution is 5.89. The van der Waals surface area contributed by atoms with Crippen LogP contribution in [0.4, 0.5) is 0 Å². The monoisotopic (exact) mass is 267 g/mol. The SMILES string of the molecule is CN1CCC(CCC(=O)C2(N)CCCCC2N)CC1. The van der Waals surface area contributed by atoms with Crippen LogP contribution in [0.25, 0.3) is 0 Å². The lowest BCUT2D eigenvalue weighted by molar-refractivity contribution is -0.126. The zero-order chi connectivity index (χ0) is 13.9. The maximum absolute atomic E-state index is 12.4. The summed E-state index contributed by atoms with van der Waals surface area (Å²) in [6.07, 6.45) is 7.89. The summed E-state index contributed by atoms with van der Waals surface area (Å²) in [4.78, 5) is 14.8. The lowest BCUT2D eigenvalue weighted by Crippen LogP contribution is -2.62. The van der Waals surface area contributed by atoms with Crippen molar-refractivity contribution in [2.75, 3.05) is 20.1 Å². The Hall–Kier alpha value is -0.450. The first-order chi connectivity index (χ1) is 9.02. The summed E-state index contributed by atoms with van der Waals surface area (Å²) in [5, 5.41) is 0. The van der Waals surface area contributed by atoms with Crippen molar-refractivity contribution in [3.63, 3.8) is 0 Å². The maximum Gasteiger partial charge on any atom is 0.154 e. The van der Waals surface area contributed by atoms with Crippen LogP contribution in [-0.2, 0) is 4.79 Å². The standard InChI is InChI=1S/C15H29N3O/c1-18-10-7-12(8-11-18)5-6-14(19)15(17)9-3-2-4-13(15)16/h12-13H,2-11,16-17H2,1H3. The number of rotatable bonds is 4. The fraction of sp³-hybridized carbons (Fsp3) is 0.933. The van der Waals surface area contributed by atoms with E-state index < -0.39 is 5.54 Å². The Labute approximate surface area is 116 Å². The molecule has 1 heterocycles. The van der Waals surface area contributed by atoms with Gasteiger partial charge in [-0.05, 0) is 58.2 Å². The molecule has 0 aromatic carbocycles. The molecule has 2 rings (SSSR count). The lowest BCUT2D eigenvalue weighted by atomic mass is 9.74. The summed E-state index contributed by atoms with van der Waals surface area (Å²) in [5.41, 5.74) is 11.7. The van der Waals surface area contributed by atoms with Gasteiger partial charge in [0.15, 0.2) is 5.78 Å². The van der Waals surface area contributed by atoms with Gasteiger partial charge in [-0.1, -0.05) is 12.8 Å². The average Bonchev–Trinajstić information content (AvgIpc) is 2.41. The van der Waals surface area contributed by atoms with Crippen molar-refractivity contribution >= 4 is 5.78 Å². The number of hydrogen-bond donors (Lipinski definition) is 2. The Morgan fingerprint density at radius 2 is 1.95 bits per heavy atom. The number of Topliss-reactive ketones (excluding diaryl/α,β-unsaturated/α-hetero) is 1. The predicted octanol–water partition coefficient (Wildman–Crippen LogP) is 1.28. The van der Waals surface area contributed by atoms with Gasteiger partial charge in [-0.2, -0.15) is 0 Å². The van der Waals surface area contributed by atoms with E-state index in [1.54, 1.807) is 0 Å². The molecule has 2 fully saturated rings. The quantitative estimate of drug-likeness (QED) is 0.805. The predicted molar refractivity (Wildman–Crippen MR) is 77.8 cm³/mol. The smallest absolute Gasteiger partial charge is 0.154 e. The number of hydrogen-bond acceptors (Lipinski definition) is 4. The summed E-state index contributed by atoms with van der Waals surface area (Å²) in [6.45, 7) is 2.32. The molecule has 0 aromatic heterocycles. The third-order valence-electron chi connectivity index (χ3n) is 5.15. The van der Waals surface area contributed by atoms with Gasteiger partial charge in [-0.15, -0.1) is 0 Å². The van der Waals surface area contributed by atoms with E-state index in [2.05, 4.69) is 11.9 Å². The number of likely N-dealkylation sites (tertiary alicyclic amines) is 1. The van der Waals surface area contributed by atoms with Gasteiger partial charge in [-0.25, -0.2) is 0 Å². The second-order valence-corrected chi connectivity index (χ2v) is 6.60. The number of carbonyl (C=O) groups excluding carboxylic acids is 1. The van der Waals surface area contributed by atoms with Crippen LogP contribution in [0.5, 0.6) is 0 Å². The lowest BCUT2D eigenvalue weighted by Gasteiger charge is -2.38. The molecule has 0 spiro atoms. The normalized spacial score (nSPS) is 34.4. The highest BCUT2D eigenvalue weighted by atomic mass is 16.1. The molecule has 1 saturated heterocycles. The molecule has 19 heavy (non-hydrogen) atoms. The second-order valence-electron chi connectivity index (χ2n) is 6.60. The largest absolute Gasteiger partial charge is 0.326 e.